The summed E-state index contributed by atoms with van der Waals surface area (Å²) in [5.41, 5.74) is 0.576. The summed E-state index contributed by atoms with van der Waals surface area (Å²) < 4.78 is 44.5. The van der Waals surface area contributed by atoms with E-state index < -0.39 is 12.0 Å². The van der Waals surface area contributed by atoms with Gasteiger partial charge in [-0.05, 0) is 58.8 Å². The van der Waals surface area contributed by atoms with Gasteiger partial charge in [0, 0.05) is 0 Å². The minimum Gasteiger partial charge on any atom is -0.493 e. The lowest BCUT2D eigenvalue weighted by Gasteiger charge is -2.06. The third-order valence-electron chi connectivity index (χ3n) is 2.48. The Morgan fingerprint density at radius 2 is 2.23 bits per heavy atom. The summed E-state index contributed by atoms with van der Waals surface area (Å²) in [6.07, 6.45) is -3.40. The van der Waals surface area contributed by atoms with Crippen molar-refractivity contribution in [2.24, 2.45) is 5.10 Å². The van der Waals surface area contributed by atoms with Crippen molar-refractivity contribution in [3.63, 3.8) is 0 Å². The lowest BCUT2D eigenvalue weighted by molar-refractivity contribution is -0.147. The van der Waals surface area contributed by atoms with E-state index in [1.165, 1.54) is 6.21 Å². The topological polar surface area (TPSA) is 55.2 Å². The van der Waals surface area contributed by atoms with Gasteiger partial charge in [-0.15, -0.1) is 5.10 Å². The smallest absolute Gasteiger partial charge is 0.453 e. The molecule has 0 unspecified atom stereocenters. The van der Waals surface area contributed by atoms with Crippen LogP contribution in [0.3, 0.4) is 0 Å². The van der Waals surface area contributed by atoms with Crippen molar-refractivity contribution in [1.82, 2.24) is 14.9 Å². The standard InChI is InChI=1S/C12H10BrF3N4OS/c1-2-21-9-4-3-7(5-8(9)13)6-17-20-10(12(14,15)16)18-19-11(20)22/h3-6H,2H2,1H3,(H,19,22)/b17-6-. The second-order valence-corrected chi connectivity index (χ2v) is 5.27. The minimum atomic E-state index is -4.65. The van der Waals surface area contributed by atoms with Gasteiger partial charge in [0.25, 0.3) is 5.82 Å². The van der Waals surface area contributed by atoms with Crippen LogP contribution in [0.2, 0.25) is 0 Å². The second kappa shape index (κ2) is 6.61. The zero-order valence-electron chi connectivity index (χ0n) is 11.2. The highest BCUT2D eigenvalue weighted by Crippen LogP contribution is 2.28. The first-order chi connectivity index (χ1) is 10.3. The van der Waals surface area contributed by atoms with E-state index in [1.54, 1.807) is 18.2 Å². The highest BCUT2D eigenvalue weighted by Gasteiger charge is 2.37. The molecule has 0 aliphatic rings. The van der Waals surface area contributed by atoms with Crippen LogP contribution < -0.4 is 4.74 Å². The Bertz CT molecular complexity index is 754. The summed E-state index contributed by atoms with van der Waals surface area (Å²) >= 11 is 8.06. The Labute approximate surface area is 136 Å². The van der Waals surface area contributed by atoms with Gasteiger partial charge in [-0.2, -0.15) is 22.9 Å². The number of hydrogen-bond donors (Lipinski definition) is 1. The van der Waals surface area contributed by atoms with Gasteiger partial charge in [-0.3, -0.25) is 0 Å². The number of nitrogens with zero attached hydrogens (tertiary/aromatic N) is 3. The number of nitrogens with one attached hydrogen (secondary N) is 1. The van der Waals surface area contributed by atoms with Gasteiger partial charge >= 0.3 is 6.18 Å². The molecule has 10 heteroatoms. The molecule has 0 saturated carbocycles. The van der Waals surface area contributed by atoms with E-state index >= 15 is 0 Å². The summed E-state index contributed by atoms with van der Waals surface area (Å²) in [5, 5.41) is 8.93. The Morgan fingerprint density at radius 1 is 1.50 bits per heavy atom. The number of benzene rings is 1. The number of halogens is 4. The molecule has 2 rings (SSSR count). The van der Waals surface area contributed by atoms with Crippen molar-refractivity contribution >= 4 is 34.4 Å². The maximum atomic E-state index is 12.7. The van der Waals surface area contributed by atoms with E-state index in [2.05, 4.69) is 31.2 Å². The zero-order valence-corrected chi connectivity index (χ0v) is 13.6. The highest BCUT2D eigenvalue weighted by molar-refractivity contribution is 9.10. The number of hydrogen-bond acceptors (Lipinski definition) is 4. The number of rotatable bonds is 4. The highest BCUT2D eigenvalue weighted by atomic mass is 79.9. The van der Waals surface area contributed by atoms with E-state index in [9.17, 15) is 13.2 Å². The zero-order chi connectivity index (χ0) is 16.3. The third kappa shape index (κ3) is 3.74. The molecule has 0 aliphatic heterocycles. The molecule has 2 aromatic rings. The summed E-state index contributed by atoms with van der Waals surface area (Å²) in [6, 6.07) is 5.02. The maximum Gasteiger partial charge on any atom is 0.453 e. The summed E-state index contributed by atoms with van der Waals surface area (Å²) in [7, 11) is 0. The van der Waals surface area contributed by atoms with Crippen LogP contribution in [0.1, 0.15) is 18.3 Å². The third-order valence-corrected chi connectivity index (χ3v) is 3.37. The van der Waals surface area contributed by atoms with Crippen LogP contribution in [0, 0.1) is 4.77 Å². The van der Waals surface area contributed by atoms with Gasteiger partial charge in [0.1, 0.15) is 5.75 Å². The number of aromatic amines is 1. The first-order valence-electron chi connectivity index (χ1n) is 6.04. The lowest BCUT2D eigenvalue weighted by atomic mass is 10.2. The van der Waals surface area contributed by atoms with Crippen LogP contribution in [0.4, 0.5) is 13.2 Å². The number of H-pyrrole nitrogens is 1. The molecule has 1 N–H and O–H groups in total. The van der Waals surface area contributed by atoms with Gasteiger partial charge < -0.3 is 4.74 Å². The first-order valence-corrected chi connectivity index (χ1v) is 7.24. The van der Waals surface area contributed by atoms with Gasteiger partial charge in [0.05, 0.1) is 17.3 Å². The van der Waals surface area contributed by atoms with E-state index in [1.807, 2.05) is 6.92 Å². The minimum absolute atomic E-state index is 0.242. The fraction of sp³-hybridized carbons (Fsp3) is 0.250. The van der Waals surface area contributed by atoms with Crippen molar-refractivity contribution in [2.75, 3.05) is 6.61 Å². The summed E-state index contributed by atoms with van der Waals surface area (Å²) in [5.74, 6) is -0.575. The Balaban J connectivity index is 2.32. The van der Waals surface area contributed by atoms with Crippen LogP contribution in [0.5, 0.6) is 5.75 Å². The van der Waals surface area contributed by atoms with E-state index in [-0.39, 0.29) is 4.77 Å². The molecule has 1 heterocycles. The SMILES string of the molecule is CCOc1ccc(/C=N\n2c(C(F)(F)F)n[nH]c2=S)cc1Br. The first kappa shape index (κ1) is 16.7. The van der Waals surface area contributed by atoms with Gasteiger partial charge in [0.2, 0.25) is 4.77 Å². The molecule has 0 saturated heterocycles. The van der Waals surface area contributed by atoms with Gasteiger partial charge in [-0.25, -0.2) is 5.10 Å². The molecule has 0 spiro atoms. The number of aromatic nitrogens is 3. The van der Waals surface area contributed by atoms with Crippen molar-refractivity contribution in [2.45, 2.75) is 13.1 Å². The van der Waals surface area contributed by atoms with Crippen molar-refractivity contribution in [3.8, 4) is 5.75 Å². The molecule has 0 radical (unpaired) electrons. The summed E-state index contributed by atoms with van der Waals surface area (Å²) in [4.78, 5) is 0. The fourth-order valence-corrected chi connectivity index (χ4v) is 2.27. The largest absolute Gasteiger partial charge is 0.493 e. The fourth-order valence-electron chi connectivity index (χ4n) is 1.58. The van der Waals surface area contributed by atoms with Crippen LogP contribution in [0.25, 0.3) is 0 Å². The average molecular weight is 395 g/mol. The van der Waals surface area contributed by atoms with E-state index in [4.69, 9.17) is 17.0 Å². The van der Waals surface area contributed by atoms with E-state index in [0.29, 0.717) is 27.1 Å². The van der Waals surface area contributed by atoms with Crippen molar-refractivity contribution in [3.05, 3.63) is 38.8 Å². The Hall–Kier alpha value is -1.68. The van der Waals surface area contributed by atoms with Crippen LogP contribution in [-0.2, 0) is 6.18 Å². The van der Waals surface area contributed by atoms with Gasteiger partial charge in [-0.1, -0.05) is 0 Å². The molecule has 0 fully saturated rings. The average Bonchev–Trinajstić information content (AvgIpc) is 2.80. The Morgan fingerprint density at radius 3 is 2.82 bits per heavy atom. The monoisotopic (exact) mass is 394 g/mol. The lowest BCUT2D eigenvalue weighted by Crippen LogP contribution is -2.12. The van der Waals surface area contributed by atoms with Crippen LogP contribution in [0.15, 0.2) is 27.8 Å². The molecule has 22 heavy (non-hydrogen) atoms. The quantitative estimate of drug-likeness (QED) is 0.629. The van der Waals surface area contributed by atoms with Gasteiger partial charge in [0.15, 0.2) is 0 Å². The normalized spacial score (nSPS) is 12.0. The molecule has 0 aliphatic carbocycles. The molecular weight excluding hydrogens is 385 g/mol. The predicted molar refractivity (Wildman–Crippen MR) is 80.7 cm³/mol. The van der Waals surface area contributed by atoms with Crippen LogP contribution >= 0.6 is 28.1 Å². The Kier molecular flexibility index (Phi) is 5.01. The molecular formula is C12H10BrF3N4OS. The second-order valence-electron chi connectivity index (χ2n) is 4.03. The molecule has 5 nitrogen and oxygen atoms in total. The molecule has 0 amide bonds. The number of alkyl halides is 3. The number of ether oxygens (including phenoxy) is 1. The molecule has 0 atom stereocenters. The van der Waals surface area contributed by atoms with Crippen molar-refractivity contribution in [1.29, 1.82) is 0 Å². The van der Waals surface area contributed by atoms with Crippen LogP contribution in [-0.4, -0.2) is 27.7 Å². The molecule has 118 valence electrons. The maximum absolute atomic E-state index is 12.7. The molecule has 0 bridgehead atoms. The summed E-state index contributed by atoms with van der Waals surface area (Å²) in [6.45, 7) is 2.35. The predicted octanol–water partition coefficient (Wildman–Crippen LogP) is 4.00. The van der Waals surface area contributed by atoms with Crippen molar-refractivity contribution < 1.29 is 17.9 Å². The van der Waals surface area contributed by atoms with E-state index in [0.717, 1.165) is 0 Å². The molecule has 1 aromatic carbocycles. The molecule has 1 aromatic heterocycles.